The molecule has 0 unspecified atom stereocenters. The second kappa shape index (κ2) is 13.2. The molecule has 2 aromatic carbocycles. The Balaban J connectivity index is 2.17. The van der Waals surface area contributed by atoms with Crippen LogP contribution in [0.2, 0.25) is 0 Å². The van der Waals surface area contributed by atoms with E-state index in [1.54, 1.807) is 78.0 Å². The first-order valence-electron chi connectivity index (χ1n) is 14.7. The van der Waals surface area contributed by atoms with Crippen LogP contribution in [0.25, 0.3) is 0 Å². The van der Waals surface area contributed by atoms with Crippen LogP contribution >= 0.6 is 0 Å². The predicted octanol–water partition coefficient (Wildman–Crippen LogP) is 7.05. The van der Waals surface area contributed by atoms with Crippen molar-refractivity contribution in [2.24, 2.45) is 11.8 Å². The Morgan fingerprint density at radius 2 is 1.07 bits per heavy atom. The Hall–Kier alpha value is -3.23. The normalized spacial score (nSPS) is 14.5. The van der Waals surface area contributed by atoms with E-state index >= 15 is 17.6 Å². The average Bonchev–Trinajstić information content (AvgIpc) is 3.70. The molecule has 0 aliphatic heterocycles. The molecule has 2 aromatic rings. The Morgan fingerprint density at radius 3 is 1.35 bits per heavy atom. The van der Waals surface area contributed by atoms with Crippen molar-refractivity contribution in [3.05, 3.63) is 91.7 Å². The van der Waals surface area contributed by atoms with Gasteiger partial charge in [0, 0.05) is 0 Å². The molecule has 43 heavy (non-hydrogen) atoms. The molecule has 2 aliphatic rings. The van der Waals surface area contributed by atoms with E-state index in [-0.39, 0.29) is 56.9 Å². The zero-order chi connectivity index (χ0) is 31.6. The molecule has 2 aliphatic carbocycles. The second-order valence-electron chi connectivity index (χ2n) is 11.4. The van der Waals surface area contributed by atoms with Gasteiger partial charge in [-0.25, -0.2) is 0 Å². The zero-order valence-corrected chi connectivity index (χ0v) is 27.0. The minimum atomic E-state index is -5.14. The third kappa shape index (κ3) is 5.60. The number of carbonyl (C=O) groups is 2. The summed E-state index contributed by atoms with van der Waals surface area (Å²) >= 11 is -5.14. The van der Waals surface area contributed by atoms with Gasteiger partial charge in [0.05, 0.1) is 0 Å². The Kier molecular flexibility index (Phi) is 10.0. The molecule has 228 valence electrons. The molecule has 0 heterocycles. The minimum absolute atomic E-state index is 0.120. The average molecular weight is 631 g/mol. The van der Waals surface area contributed by atoms with Gasteiger partial charge in [-0.3, -0.25) is 0 Å². The van der Waals surface area contributed by atoms with Gasteiger partial charge in [-0.1, -0.05) is 0 Å². The Bertz CT molecular complexity index is 1440. The molecule has 0 saturated heterocycles. The second-order valence-corrected chi connectivity index (χ2v) is 17.3. The van der Waals surface area contributed by atoms with E-state index in [1.807, 2.05) is 0 Å². The zero-order valence-electron chi connectivity index (χ0n) is 25.5. The molecule has 0 bridgehead atoms. The van der Waals surface area contributed by atoms with E-state index in [4.69, 9.17) is 0 Å². The molecule has 0 spiro atoms. The van der Waals surface area contributed by atoms with Gasteiger partial charge >= 0.3 is 256 Å². The first-order chi connectivity index (χ1) is 20.4. The van der Waals surface area contributed by atoms with Crippen LogP contribution in [0.3, 0.4) is 0 Å². The molecule has 0 aromatic heterocycles. The van der Waals surface area contributed by atoms with Crippen LogP contribution in [0.5, 0.6) is 0 Å². The van der Waals surface area contributed by atoms with Crippen molar-refractivity contribution in [2.45, 2.75) is 54.4 Å². The van der Waals surface area contributed by atoms with E-state index < -0.39 is 51.7 Å². The van der Waals surface area contributed by atoms with Crippen molar-refractivity contribution >= 4 is 30.9 Å². The Labute approximate surface area is 254 Å². The molecule has 2 amide bonds. The molecular weight excluding hydrogens is 592 g/mol. The van der Waals surface area contributed by atoms with E-state index in [9.17, 15) is 9.59 Å². The summed E-state index contributed by atoms with van der Waals surface area (Å²) in [4.78, 5) is 28.7. The molecule has 4 rings (SSSR count). The molecule has 0 saturated carbocycles. The fraction of sp³-hybridized carbons (Fsp3) is 0.353. The van der Waals surface area contributed by atoms with Crippen molar-refractivity contribution in [2.75, 3.05) is 22.9 Å². The molecule has 0 fully saturated rings. The molecule has 4 nitrogen and oxygen atoms in total. The van der Waals surface area contributed by atoms with Crippen molar-refractivity contribution in [1.82, 2.24) is 0 Å². The van der Waals surface area contributed by atoms with Gasteiger partial charge in [-0.15, -0.1) is 0 Å². The number of nitrogens with zero attached hydrogens (tertiary/aromatic N) is 2. The van der Waals surface area contributed by atoms with Crippen molar-refractivity contribution < 1.29 is 43.7 Å². The summed E-state index contributed by atoms with van der Waals surface area (Å²) in [7, 11) is 0. The van der Waals surface area contributed by atoms with Crippen LogP contribution in [0.4, 0.5) is 28.9 Å². The number of hydrogen-bond acceptors (Lipinski definition) is 2. The van der Waals surface area contributed by atoms with E-state index in [2.05, 4.69) is 0 Å². The number of hydrogen-bond donors (Lipinski definition) is 0. The molecule has 0 N–H and O–H groups in total. The molecular formula is C34H38F4N2O2Ti. The fourth-order valence-electron chi connectivity index (χ4n) is 6.12. The number of halogens is 4. The maximum absolute atomic E-state index is 17.1. The number of amides is 2. The van der Waals surface area contributed by atoms with Crippen molar-refractivity contribution in [1.29, 1.82) is 0 Å². The maximum atomic E-state index is 17.1. The number of carbonyl (C=O) groups excluding carboxylic acids is 2. The third-order valence-corrected chi connectivity index (χ3v) is 16.1. The number of benzene rings is 2. The topological polar surface area (TPSA) is 40.6 Å². The first-order valence-corrected chi connectivity index (χ1v) is 17.9. The van der Waals surface area contributed by atoms with E-state index in [0.717, 1.165) is 12.1 Å². The monoisotopic (exact) mass is 630 g/mol. The fourth-order valence-corrected chi connectivity index (χ4v) is 14.4. The summed E-state index contributed by atoms with van der Waals surface area (Å²) in [6.45, 7) is 10.4. The van der Waals surface area contributed by atoms with Crippen LogP contribution in [0.1, 0.15) is 54.4 Å². The summed E-state index contributed by atoms with van der Waals surface area (Å²) in [5.41, 5.74) is -0.263. The van der Waals surface area contributed by atoms with Crippen LogP contribution in [0, 0.1) is 35.1 Å². The van der Waals surface area contributed by atoms with Crippen LogP contribution in [0.15, 0.2) is 68.5 Å². The van der Waals surface area contributed by atoms with Crippen LogP contribution in [-0.4, -0.2) is 24.9 Å². The SMILES string of the molecule is CCN(C(=O)C(C)C)c1ccc(F)[c]([Ti]([C]2=CC=CC2)([C]2=CC=CC2)[c]2c(F)ccc(N(CC)C(=O)C(C)C)c2F)c1F. The predicted molar refractivity (Wildman–Crippen MR) is 161 cm³/mol. The van der Waals surface area contributed by atoms with Crippen LogP contribution < -0.4 is 17.5 Å². The third-order valence-electron chi connectivity index (χ3n) is 8.13. The summed E-state index contributed by atoms with van der Waals surface area (Å²) < 4.78 is 67.3. The van der Waals surface area contributed by atoms with E-state index in [0.29, 0.717) is 7.76 Å². The quantitative estimate of drug-likeness (QED) is 0.209. The van der Waals surface area contributed by atoms with Crippen molar-refractivity contribution in [3.8, 4) is 0 Å². The summed E-state index contributed by atoms with van der Waals surface area (Å²) in [6, 6.07) is 4.62. The number of rotatable bonds is 10. The standard InChI is InChI=1S/2C12H14F2NO.2C5H5.Ti/c2*1-4-15(12(16)8(2)3)11-6-5-9(13)7-10(11)14;2*1-2-4-5-3-1;/h2*5-6,8H,4H2,1-3H3;2*1-3H,4H2;. The van der Waals surface area contributed by atoms with Gasteiger partial charge in [0.25, 0.3) is 0 Å². The van der Waals surface area contributed by atoms with Crippen molar-refractivity contribution in [3.63, 3.8) is 0 Å². The van der Waals surface area contributed by atoms with Crippen LogP contribution in [-0.2, 0) is 26.2 Å². The summed E-state index contributed by atoms with van der Waals surface area (Å²) in [5, 5.41) is 0. The van der Waals surface area contributed by atoms with Gasteiger partial charge < -0.3 is 0 Å². The van der Waals surface area contributed by atoms with Gasteiger partial charge in [0.15, 0.2) is 0 Å². The number of anilines is 2. The number of allylic oxidation sites excluding steroid dienone is 8. The molecule has 0 radical (unpaired) electrons. The first kappa shape index (κ1) is 32.7. The van der Waals surface area contributed by atoms with E-state index in [1.165, 1.54) is 21.9 Å². The molecule has 9 heteroatoms. The Morgan fingerprint density at radius 1 is 0.698 bits per heavy atom. The molecule has 0 atom stereocenters. The van der Waals surface area contributed by atoms with Gasteiger partial charge in [0.1, 0.15) is 0 Å². The summed E-state index contributed by atoms with van der Waals surface area (Å²) in [6.07, 6.45) is 11.0. The summed E-state index contributed by atoms with van der Waals surface area (Å²) in [5.74, 6) is -5.48. The van der Waals surface area contributed by atoms with Gasteiger partial charge in [-0.05, 0) is 0 Å². The van der Waals surface area contributed by atoms with Gasteiger partial charge in [-0.2, -0.15) is 0 Å². The van der Waals surface area contributed by atoms with Gasteiger partial charge in [0.2, 0.25) is 0 Å².